The van der Waals surface area contributed by atoms with Crippen molar-refractivity contribution in [2.75, 3.05) is 13.2 Å². The zero-order valence-electron chi connectivity index (χ0n) is 10.6. The van der Waals surface area contributed by atoms with Gasteiger partial charge < -0.3 is 10.1 Å². The molecule has 2 aromatic carbocycles. The Morgan fingerprint density at radius 3 is 2.72 bits per heavy atom. The Labute approximate surface area is 108 Å². The molecule has 0 heterocycles. The van der Waals surface area contributed by atoms with Gasteiger partial charge in [-0.25, -0.2) is 0 Å². The van der Waals surface area contributed by atoms with Gasteiger partial charge in [-0.15, -0.1) is 0 Å². The maximum atomic E-state index is 5.78. The minimum Gasteiger partial charge on any atom is -0.494 e. The lowest BCUT2D eigenvalue weighted by molar-refractivity contribution is 0.308. The van der Waals surface area contributed by atoms with Crippen LogP contribution in [0.3, 0.4) is 0 Å². The fourth-order valence-electron chi connectivity index (χ4n) is 2.11. The predicted octanol–water partition coefficient (Wildman–Crippen LogP) is 3.36. The van der Waals surface area contributed by atoms with E-state index < -0.39 is 0 Å². The van der Waals surface area contributed by atoms with Crippen LogP contribution in [0.1, 0.15) is 19.3 Å². The Hall–Kier alpha value is -1.54. The molecule has 0 atom stereocenters. The van der Waals surface area contributed by atoms with E-state index in [0.29, 0.717) is 0 Å². The monoisotopic (exact) mass is 241 g/mol. The summed E-state index contributed by atoms with van der Waals surface area (Å²) < 4.78 is 5.78. The zero-order valence-corrected chi connectivity index (χ0v) is 10.6. The maximum Gasteiger partial charge on any atom is 0.119 e. The number of nitrogens with one attached hydrogen (secondary N) is 1. The first kappa shape index (κ1) is 11.5. The van der Waals surface area contributed by atoms with E-state index in [2.05, 4.69) is 47.8 Å². The van der Waals surface area contributed by atoms with Gasteiger partial charge in [0.2, 0.25) is 0 Å². The average Bonchev–Trinajstić information content (AvgIpc) is 3.22. The van der Waals surface area contributed by atoms with E-state index in [4.69, 9.17) is 4.74 Å². The van der Waals surface area contributed by atoms with Gasteiger partial charge in [-0.05, 0) is 48.7 Å². The van der Waals surface area contributed by atoms with Crippen LogP contribution in [-0.4, -0.2) is 19.2 Å². The number of rotatable bonds is 6. The number of fused-ring (bicyclic) bond motifs is 1. The molecule has 0 aromatic heterocycles. The van der Waals surface area contributed by atoms with Crippen molar-refractivity contribution in [3.8, 4) is 5.75 Å². The number of ether oxygens (including phenoxy) is 1. The third-order valence-corrected chi connectivity index (χ3v) is 3.32. The lowest BCUT2D eigenvalue weighted by atomic mass is 10.1. The Balaban J connectivity index is 1.50. The van der Waals surface area contributed by atoms with Crippen LogP contribution in [0.15, 0.2) is 42.5 Å². The molecule has 0 amide bonds. The van der Waals surface area contributed by atoms with Crippen molar-refractivity contribution in [2.45, 2.75) is 25.3 Å². The molecule has 0 aliphatic heterocycles. The van der Waals surface area contributed by atoms with Gasteiger partial charge in [-0.2, -0.15) is 0 Å². The summed E-state index contributed by atoms with van der Waals surface area (Å²) in [5.74, 6) is 0.972. The fourth-order valence-corrected chi connectivity index (χ4v) is 2.11. The summed E-state index contributed by atoms with van der Waals surface area (Å²) in [5.41, 5.74) is 0. The summed E-state index contributed by atoms with van der Waals surface area (Å²) >= 11 is 0. The zero-order chi connectivity index (χ0) is 12.2. The standard InChI is InChI=1S/C16H19NO/c1-2-5-14-12-16(9-6-13(14)4-1)18-11-3-10-17-15-7-8-15/h1-2,4-6,9,12,15,17H,3,7-8,10-11H2. The minimum atomic E-state index is 0.790. The molecular weight excluding hydrogens is 222 g/mol. The minimum absolute atomic E-state index is 0.790. The smallest absolute Gasteiger partial charge is 0.119 e. The second-order valence-corrected chi connectivity index (χ2v) is 4.94. The molecule has 1 aliphatic carbocycles. The highest BCUT2D eigenvalue weighted by molar-refractivity contribution is 5.83. The first-order chi connectivity index (χ1) is 8.92. The Kier molecular flexibility index (Phi) is 3.47. The van der Waals surface area contributed by atoms with Gasteiger partial charge in [-0.1, -0.05) is 30.3 Å². The van der Waals surface area contributed by atoms with E-state index in [9.17, 15) is 0 Å². The Morgan fingerprint density at radius 2 is 1.89 bits per heavy atom. The van der Waals surface area contributed by atoms with Crippen LogP contribution in [-0.2, 0) is 0 Å². The molecule has 2 nitrogen and oxygen atoms in total. The van der Waals surface area contributed by atoms with Crippen LogP contribution in [0.5, 0.6) is 5.75 Å². The van der Waals surface area contributed by atoms with Crippen LogP contribution in [0, 0.1) is 0 Å². The van der Waals surface area contributed by atoms with Crippen LogP contribution < -0.4 is 10.1 Å². The molecule has 3 rings (SSSR count). The molecule has 1 aliphatic rings. The first-order valence-electron chi connectivity index (χ1n) is 6.77. The third kappa shape index (κ3) is 3.02. The van der Waals surface area contributed by atoms with Crippen LogP contribution in [0.25, 0.3) is 10.8 Å². The van der Waals surface area contributed by atoms with Gasteiger partial charge in [0.25, 0.3) is 0 Å². The van der Waals surface area contributed by atoms with Crippen molar-refractivity contribution in [3.63, 3.8) is 0 Å². The largest absolute Gasteiger partial charge is 0.494 e. The van der Waals surface area contributed by atoms with E-state index in [-0.39, 0.29) is 0 Å². The molecule has 0 saturated heterocycles. The van der Waals surface area contributed by atoms with Crippen LogP contribution >= 0.6 is 0 Å². The summed E-state index contributed by atoms with van der Waals surface area (Å²) in [5, 5.41) is 6.00. The molecule has 1 N–H and O–H groups in total. The molecular formula is C16H19NO. The summed E-state index contributed by atoms with van der Waals surface area (Å²) in [7, 11) is 0. The van der Waals surface area contributed by atoms with E-state index >= 15 is 0 Å². The van der Waals surface area contributed by atoms with Crippen molar-refractivity contribution < 1.29 is 4.74 Å². The Morgan fingerprint density at radius 1 is 1.06 bits per heavy atom. The maximum absolute atomic E-state index is 5.78. The summed E-state index contributed by atoms with van der Waals surface area (Å²) in [6.07, 6.45) is 3.78. The average molecular weight is 241 g/mol. The molecule has 0 unspecified atom stereocenters. The van der Waals surface area contributed by atoms with Crippen molar-refractivity contribution >= 4 is 10.8 Å². The number of hydrogen-bond acceptors (Lipinski definition) is 2. The predicted molar refractivity (Wildman–Crippen MR) is 75.1 cm³/mol. The lowest BCUT2D eigenvalue weighted by Crippen LogP contribution is -2.19. The molecule has 0 radical (unpaired) electrons. The molecule has 2 aromatic rings. The van der Waals surface area contributed by atoms with Gasteiger partial charge >= 0.3 is 0 Å². The molecule has 94 valence electrons. The van der Waals surface area contributed by atoms with Crippen LogP contribution in [0.4, 0.5) is 0 Å². The Bertz CT molecular complexity index is 519. The van der Waals surface area contributed by atoms with Gasteiger partial charge in [0.05, 0.1) is 6.61 Å². The van der Waals surface area contributed by atoms with Crippen LogP contribution in [0.2, 0.25) is 0 Å². The van der Waals surface area contributed by atoms with Crippen molar-refractivity contribution in [1.29, 1.82) is 0 Å². The van der Waals surface area contributed by atoms with Gasteiger partial charge in [0.15, 0.2) is 0 Å². The molecule has 2 heteroatoms. The second-order valence-electron chi connectivity index (χ2n) is 4.94. The molecule has 1 fully saturated rings. The summed E-state index contributed by atoms with van der Waals surface area (Å²) in [6, 6.07) is 15.5. The van der Waals surface area contributed by atoms with E-state index in [1.807, 2.05) is 0 Å². The van der Waals surface area contributed by atoms with Crippen molar-refractivity contribution in [3.05, 3.63) is 42.5 Å². The highest BCUT2D eigenvalue weighted by Crippen LogP contribution is 2.21. The topological polar surface area (TPSA) is 21.3 Å². The van der Waals surface area contributed by atoms with Crippen molar-refractivity contribution in [2.24, 2.45) is 0 Å². The number of hydrogen-bond donors (Lipinski definition) is 1. The SMILES string of the molecule is c1ccc2cc(OCCCNC3CC3)ccc2c1. The molecule has 0 bridgehead atoms. The van der Waals surface area contributed by atoms with Gasteiger partial charge in [-0.3, -0.25) is 0 Å². The first-order valence-corrected chi connectivity index (χ1v) is 6.77. The van der Waals surface area contributed by atoms with E-state index in [1.54, 1.807) is 0 Å². The number of benzene rings is 2. The summed E-state index contributed by atoms with van der Waals surface area (Å²) in [4.78, 5) is 0. The van der Waals surface area contributed by atoms with Gasteiger partial charge in [0, 0.05) is 6.04 Å². The quantitative estimate of drug-likeness (QED) is 0.783. The normalized spacial score (nSPS) is 14.9. The third-order valence-electron chi connectivity index (χ3n) is 3.32. The molecule has 0 spiro atoms. The van der Waals surface area contributed by atoms with E-state index in [1.165, 1.54) is 23.6 Å². The lowest BCUT2D eigenvalue weighted by Gasteiger charge is -2.07. The van der Waals surface area contributed by atoms with Crippen molar-refractivity contribution in [1.82, 2.24) is 5.32 Å². The highest BCUT2D eigenvalue weighted by Gasteiger charge is 2.19. The molecule has 18 heavy (non-hydrogen) atoms. The van der Waals surface area contributed by atoms with Gasteiger partial charge in [0.1, 0.15) is 5.75 Å². The highest BCUT2D eigenvalue weighted by atomic mass is 16.5. The fraction of sp³-hybridized carbons (Fsp3) is 0.375. The second kappa shape index (κ2) is 5.40. The van der Waals surface area contributed by atoms with E-state index in [0.717, 1.165) is 31.4 Å². The summed E-state index contributed by atoms with van der Waals surface area (Å²) in [6.45, 7) is 1.86. The molecule has 1 saturated carbocycles.